The number of carboxylic acid groups (broad SMARTS) is 1. The third kappa shape index (κ3) is 9.78. The zero-order chi connectivity index (χ0) is 22.2. The summed E-state index contributed by atoms with van der Waals surface area (Å²) in [4.78, 5) is 30.7. The van der Waals surface area contributed by atoms with E-state index in [0.29, 0.717) is 24.9 Å². The Balaban J connectivity index is 2.84. The van der Waals surface area contributed by atoms with Gasteiger partial charge in [0.2, 0.25) is 0 Å². The van der Waals surface area contributed by atoms with Crippen molar-refractivity contribution >= 4 is 30.4 Å². The minimum atomic E-state index is -1.19. The summed E-state index contributed by atoms with van der Waals surface area (Å²) in [6, 6.07) is 4.20. The number of carbonyl (C=O) groups excluding carboxylic acids is 1. The van der Waals surface area contributed by atoms with Gasteiger partial charge in [0, 0.05) is 31.5 Å². The number of carbonyl (C=O) groups is 2. The van der Waals surface area contributed by atoms with E-state index in [-0.39, 0.29) is 11.3 Å². The van der Waals surface area contributed by atoms with Gasteiger partial charge in [-0.05, 0) is 62.3 Å². The number of hydrogen-bond acceptors (Lipinski definition) is 5. The van der Waals surface area contributed by atoms with Gasteiger partial charge >= 0.3 is 5.97 Å². The predicted molar refractivity (Wildman–Crippen MR) is 122 cm³/mol. The van der Waals surface area contributed by atoms with Gasteiger partial charge in [-0.15, -0.1) is 6.58 Å². The van der Waals surface area contributed by atoms with E-state index >= 15 is 0 Å². The molecule has 1 rings (SSSR count). The number of unbranched alkanes of at least 4 members (excludes halogenated alkanes) is 1. The number of aromatic carboxylic acids is 1. The Hall–Kier alpha value is -3.28. The van der Waals surface area contributed by atoms with E-state index in [4.69, 9.17) is 5.11 Å². The number of aldehydes is 1. The molecule has 0 amide bonds. The standard InChI is InChI=1S/C24H30N2O4/c1-3-5-6-9-19(10-7-11-20(18-27)12-8-15-25-4-2)17-26-21-13-14-22(24(29)30)23(28)16-21/h3,10,12-18,28H,1,4-9,11H2,2H3,(H,29,30)/b19-10-,20-12-,25-15+,26-17+. The fourth-order valence-corrected chi connectivity index (χ4v) is 2.65. The minimum Gasteiger partial charge on any atom is -0.507 e. The van der Waals surface area contributed by atoms with Crippen molar-refractivity contribution in [2.24, 2.45) is 9.98 Å². The molecule has 0 bridgehead atoms. The number of aromatic hydroxyl groups is 1. The molecular weight excluding hydrogens is 380 g/mol. The molecule has 30 heavy (non-hydrogen) atoms. The fourth-order valence-electron chi connectivity index (χ4n) is 2.65. The van der Waals surface area contributed by atoms with Crippen LogP contribution in [0.2, 0.25) is 0 Å². The van der Waals surface area contributed by atoms with Crippen LogP contribution in [-0.4, -0.2) is 41.4 Å². The first-order chi connectivity index (χ1) is 14.5. The van der Waals surface area contributed by atoms with E-state index in [0.717, 1.165) is 43.2 Å². The van der Waals surface area contributed by atoms with Gasteiger partial charge in [0.15, 0.2) is 0 Å². The average molecular weight is 411 g/mol. The van der Waals surface area contributed by atoms with Gasteiger partial charge in [0.25, 0.3) is 0 Å². The Bertz CT molecular complexity index is 836. The molecule has 0 spiro atoms. The lowest BCUT2D eigenvalue weighted by atomic mass is 10.0. The minimum absolute atomic E-state index is 0.159. The maximum atomic E-state index is 11.2. The molecule has 0 saturated heterocycles. The highest BCUT2D eigenvalue weighted by atomic mass is 16.4. The van der Waals surface area contributed by atoms with Crippen LogP contribution in [-0.2, 0) is 4.79 Å². The normalized spacial score (nSPS) is 12.6. The summed E-state index contributed by atoms with van der Waals surface area (Å²) in [7, 11) is 0. The van der Waals surface area contributed by atoms with Crippen molar-refractivity contribution in [3.63, 3.8) is 0 Å². The van der Waals surface area contributed by atoms with Gasteiger partial charge in [0.1, 0.15) is 17.6 Å². The quantitative estimate of drug-likeness (QED) is 0.140. The van der Waals surface area contributed by atoms with Crippen LogP contribution < -0.4 is 0 Å². The van der Waals surface area contributed by atoms with Gasteiger partial charge < -0.3 is 10.2 Å². The Morgan fingerprint density at radius 3 is 2.60 bits per heavy atom. The van der Waals surface area contributed by atoms with Crippen molar-refractivity contribution in [2.45, 2.75) is 45.4 Å². The first-order valence-electron chi connectivity index (χ1n) is 10.0. The predicted octanol–water partition coefficient (Wildman–Crippen LogP) is 5.46. The van der Waals surface area contributed by atoms with E-state index in [1.807, 2.05) is 19.1 Å². The topological polar surface area (TPSA) is 99.3 Å². The number of phenols is 1. The zero-order valence-corrected chi connectivity index (χ0v) is 17.5. The molecule has 0 aliphatic rings. The molecule has 1 aromatic rings. The molecule has 0 saturated carbocycles. The first kappa shape index (κ1) is 24.8. The number of hydrogen-bond donors (Lipinski definition) is 2. The van der Waals surface area contributed by atoms with Gasteiger partial charge in [-0.25, -0.2) is 4.79 Å². The number of benzene rings is 1. The molecule has 0 aliphatic carbocycles. The highest BCUT2D eigenvalue weighted by molar-refractivity contribution is 5.91. The number of rotatable bonds is 14. The van der Waals surface area contributed by atoms with Gasteiger partial charge in [-0.2, -0.15) is 0 Å². The molecular formula is C24H30N2O4. The summed E-state index contributed by atoms with van der Waals surface area (Å²) in [6.07, 6.45) is 14.8. The van der Waals surface area contributed by atoms with Crippen LogP contribution in [0.15, 0.2) is 64.1 Å². The molecule has 0 radical (unpaired) electrons. The Morgan fingerprint density at radius 2 is 1.97 bits per heavy atom. The second-order valence-corrected chi connectivity index (χ2v) is 6.58. The SMILES string of the molecule is C=CCCCC(=C/CC/C(C=O)=C/C/C=N/CC)/C=N/c1ccc(C(=O)O)c(O)c1. The van der Waals surface area contributed by atoms with E-state index in [9.17, 15) is 14.7 Å². The smallest absolute Gasteiger partial charge is 0.339 e. The lowest BCUT2D eigenvalue weighted by molar-refractivity contribution is -0.105. The average Bonchev–Trinajstić information content (AvgIpc) is 2.73. The van der Waals surface area contributed by atoms with Crippen molar-refractivity contribution in [3.8, 4) is 5.75 Å². The van der Waals surface area contributed by atoms with E-state index in [2.05, 4.69) is 22.6 Å². The zero-order valence-electron chi connectivity index (χ0n) is 17.5. The molecule has 160 valence electrons. The van der Waals surface area contributed by atoms with Gasteiger partial charge in [0.05, 0.1) is 5.69 Å². The van der Waals surface area contributed by atoms with Crippen molar-refractivity contribution in [2.75, 3.05) is 6.54 Å². The second kappa shape index (κ2) is 14.7. The summed E-state index contributed by atoms with van der Waals surface area (Å²) >= 11 is 0. The van der Waals surface area contributed by atoms with Crippen molar-refractivity contribution in [3.05, 3.63) is 59.7 Å². The van der Waals surface area contributed by atoms with Crippen molar-refractivity contribution < 1.29 is 19.8 Å². The van der Waals surface area contributed by atoms with E-state index in [1.54, 1.807) is 18.5 Å². The highest BCUT2D eigenvalue weighted by Crippen LogP contribution is 2.24. The Morgan fingerprint density at radius 1 is 1.17 bits per heavy atom. The van der Waals surface area contributed by atoms with Gasteiger partial charge in [-0.1, -0.05) is 18.2 Å². The van der Waals surface area contributed by atoms with Crippen LogP contribution in [0.1, 0.15) is 55.8 Å². The van der Waals surface area contributed by atoms with Crippen LogP contribution in [0.5, 0.6) is 5.75 Å². The van der Waals surface area contributed by atoms with Crippen molar-refractivity contribution in [1.29, 1.82) is 0 Å². The Kier molecular flexibility index (Phi) is 12.1. The third-order valence-electron chi connectivity index (χ3n) is 4.25. The van der Waals surface area contributed by atoms with Crippen LogP contribution in [0.25, 0.3) is 0 Å². The van der Waals surface area contributed by atoms with Crippen LogP contribution in [0.4, 0.5) is 5.69 Å². The Labute approximate surface area is 178 Å². The van der Waals surface area contributed by atoms with Crippen LogP contribution >= 0.6 is 0 Å². The molecule has 2 N–H and O–H groups in total. The third-order valence-corrected chi connectivity index (χ3v) is 4.25. The fraction of sp³-hybridized carbons (Fsp3) is 0.333. The second-order valence-electron chi connectivity index (χ2n) is 6.58. The summed E-state index contributed by atoms with van der Waals surface area (Å²) in [6.45, 7) is 6.43. The maximum absolute atomic E-state index is 11.2. The molecule has 0 atom stereocenters. The summed E-state index contributed by atoms with van der Waals surface area (Å²) in [5, 5.41) is 18.8. The molecule has 0 aliphatic heterocycles. The molecule has 0 fully saturated rings. The highest BCUT2D eigenvalue weighted by Gasteiger charge is 2.09. The van der Waals surface area contributed by atoms with Crippen molar-refractivity contribution in [1.82, 2.24) is 0 Å². The summed E-state index contributed by atoms with van der Waals surface area (Å²) in [5.41, 5.74) is 2.06. The van der Waals surface area contributed by atoms with E-state index < -0.39 is 5.97 Å². The number of nitrogens with zero attached hydrogens (tertiary/aromatic N) is 2. The molecule has 6 heteroatoms. The monoisotopic (exact) mass is 410 g/mol. The lowest BCUT2D eigenvalue weighted by Gasteiger charge is -2.03. The first-order valence-corrected chi connectivity index (χ1v) is 10.0. The van der Waals surface area contributed by atoms with Crippen LogP contribution in [0, 0.1) is 0 Å². The van der Waals surface area contributed by atoms with E-state index in [1.165, 1.54) is 12.1 Å². The van der Waals surface area contributed by atoms with Crippen LogP contribution in [0.3, 0.4) is 0 Å². The summed E-state index contributed by atoms with van der Waals surface area (Å²) in [5.74, 6) is -1.50. The summed E-state index contributed by atoms with van der Waals surface area (Å²) < 4.78 is 0. The molecule has 6 nitrogen and oxygen atoms in total. The number of aliphatic imine (C=N–C) groups is 2. The maximum Gasteiger partial charge on any atom is 0.339 e. The molecule has 0 heterocycles. The molecule has 0 aromatic heterocycles. The lowest BCUT2D eigenvalue weighted by Crippen LogP contribution is -1.95. The number of carboxylic acids is 1. The molecule has 1 aromatic carbocycles. The van der Waals surface area contributed by atoms with Gasteiger partial charge in [-0.3, -0.25) is 14.8 Å². The largest absolute Gasteiger partial charge is 0.507 e. The number of allylic oxidation sites excluding steroid dienone is 5. The molecule has 0 unspecified atom stereocenters.